The molecule has 7 heteroatoms. The van der Waals surface area contributed by atoms with Crippen molar-refractivity contribution in [1.29, 1.82) is 0 Å². The molecule has 2 aromatic carbocycles. The lowest BCUT2D eigenvalue weighted by Gasteiger charge is -2.32. The van der Waals surface area contributed by atoms with Gasteiger partial charge in [-0.25, -0.2) is 4.79 Å². The first-order valence-electron chi connectivity index (χ1n) is 8.08. The van der Waals surface area contributed by atoms with Crippen LogP contribution >= 0.6 is 11.6 Å². The Hall–Kier alpha value is -3.25. The molecule has 1 atom stereocenters. The van der Waals surface area contributed by atoms with Gasteiger partial charge in [0, 0.05) is 29.5 Å². The number of carbonyl (C=O) groups is 1. The number of aromatic carboxylic acids is 1. The molecule has 2 heterocycles. The smallest absolute Gasteiger partial charge is 0.341 e. The molecule has 6 nitrogen and oxygen atoms in total. The lowest BCUT2D eigenvalue weighted by molar-refractivity contribution is 0.0693. The number of nitrogens with zero attached hydrogens (tertiary/aromatic N) is 1. The fourth-order valence-electron chi connectivity index (χ4n) is 3.13. The van der Waals surface area contributed by atoms with Crippen molar-refractivity contribution < 1.29 is 19.4 Å². The molecule has 136 valence electrons. The molecule has 1 aromatic heterocycles. The van der Waals surface area contributed by atoms with Crippen molar-refractivity contribution in [3.05, 3.63) is 81.1 Å². The van der Waals surface area contributed by atoms with Gasteiger partial charge in [0.15, 0.2) is 5.43 Å². The van der Waals surface area contributed by atoms with Crippen LogP contribution < -0.4 is 14.9 Å². The first kappa shape index (κ1) is 17.2. The van der Waals surface area contributed by atoms with Crippen LogP contribution in [0.25, 0.3) is 11.3 Å². The van der Waals surface area contributed by atoms with Crippen molar-refractivity contribution in [3.63, 3.8) is 0 Å². The van der Waals surface area contributed by atoms with Gasteiger partial charge in [-0.3, -0.25) is 4.79 Å². The minimum Gasteiger partial charge on any atom is -0.495 e. The molecule has 0 saturated heterocycles. The Morgan fingerprint density at radius 1 is 1.22 bits per heavy atom. The molecule has 0 saturated carbocycles. The number of rotatable bonds is 3. The van der Waals surface area contributed by atoms with Gasteiger partial charge in [-0.15, -0.1) is 0 Å². The molecule has 0 radical (unpaired) electrons. The van der Waals surface area contributed by atoms with E-state index in [2.05, 4.69) is 0 Å². The molecule has 4 rings (SSSR count). The van der Waals surface area contributed by atoms with E-state index in [0.29, 0.717) is 27.8 Å². The summed E-state index contributed by atoms with van der Waals surface area (Å²) in [6.45, 7) is 0. The SMILES string of the molecule is COc1cc2c(cc1Cl)-c1cc(=O)c(C(=O)O)cn1C(c1ccccc1)O2. The average molecular weight is 384 g/mol. The standard InChI is InChI=1S/C20H14ClNO5/c1-26-18-9-17-12(7-14(18)21)15-8-16(23)13(20(24)25)10-22(15)19(27-17)11-5-3-2-4-6-11/h2-10,19H,1H3,(H,24,25). The summed E-state index contributed by atoms with van der Waals surface area (Å²) in [5.74, 6) is -0.353. The second kappa shape index (κ2) is 6.48. The van der Waals surface area contributed by atoms with Gasteiger partial charge in [-0.2, -0.15) is 0 Å². The highest BCUT2D eigenvalue weighted by Crippen LogP contribution is 2.44. The summed E-state index contributed by atoms with van der Waals surface area (Å²) in [6.07, 6.45) is 0.664. The number of benzene rings is 2. The van der Waals surface area contributed by atoms with Crippen molar-refractivity contribution in [2.24, 2.45) is 0 Å². The molecule has 27 heavy (non-hydrogen) atoms. The Balaban J connectivity index is 2.01. The van der Waals surface area contributed by atoms with Crippen molar-refractivity contribution in [2.75, 3.05) is 7.11 Å². The average Bonchev–Trinajstić information content (AvgIpc) is 2.67. The monoisotopic (exact) mass is 383 g/mol. The van der Waals surface area contributed by atoms with Crippen LogP contribution in [0, 0.1) is 0 Å². The molecule has 3 aromatic rings. The van der Waals surface area contributed by atoms with Crippen LogP contribution in [0.1, 0.15) is 22.1 Å². The first-order valence-corrected chi connectivity index (χ1v) is 8.46. The molecular weight excluding hydrogens is 370 g/mol. The van der Waals surface area contributed by atoms with E-state index in [1.165, 1.54) is 19.4 Å². The van der Waals surface area contributed by atoms with Gasteiger partial charge >= 0.3 is 5.97 Å². The number of methoxy groups -OCH3 is 1. The second-order valence-corrected chi connectivity index (χ2v) is 6.42. The number of aromatic nitrogens is 1. The van der Waals surface area contributed by atoms with E-state index in [0.717, 1.165) is 5.56 Å². The summed E-state index contributed by atoms with van der Waals surface area (Å²) in [7, 11) is 1.50. The molecule has 0 bridgehead atoms. The number of ether oxygens (including phenoxy) is 2. The zero-order valence-corrected chi connectivity index (χ0v) is 14.9. The van der Waals surface area contributed by atoms with Crippen LogP contribution in [-0.2, 0) is 0 Å². The Labute approximate surface area is 159 Å². The van der Waals surface area contributed by atoms with Crippen LogP contribution in [0.4, 0.5) is 0 Å². The highest BCUT2D eigenvalue weighted by atomic mass is 35.5. The third-order valence-corrected chi connectivity index (χ3v) is 4.71. The number of carboxylic acids is 1. The molecular formula is C20H14ClNO5. The molecule has 0 aliphatic carbocycles. The molecule has 1 aliphatic rings. The van der Waals surface area contributed by atoms with E-state index in [-0.39, 0.29) is 5.56 Å². The lowest BCUT2D eigenvalue weighted by Crippen LogP contribution is -2.27. The number of hydrogen-bond acceptors (Lipinski definition) is 4. The van der Waals surface area contributed by atoms with Gasteiger partial charge in [-0.1, -0.05) is 41.9 Å². The molecule has 0 spiro atoms. The zero-order chi connectivity index (χ0) is 19.1. The van der Waals surface area contributed by atoms with E-state index < -0.39 is 17.6 Å². The summed E-state index contributed by atoms with van der Waals surface area (Å²) in [6, 6.07) is 13.9. The van der Waals surface area contributed by atoms with Gasteiger partial charge in [0.25, 0.3) is 0 Å². The normalized spacial score (nSPS) is 14.7. The zero-order valence-electron chi connectivity index (χ0n) is 14.2. The Bertz CT molecular complexity index is 1110. The summed E-state index contributed by atoms with van der Waals surface area (Å²) in [5, 5.41) is 9.70. The summed E-state index contributed by atoms with van der Waals surface area (Å²) in [4.78, 5) is 23.7. The predicted octanol–water partition coefficient (Wildman–Crippen LogP) is 3.81. The number of carboxylic acid groups (broad SMARTS) is 1. The molecule has 1 N–H and O–H groups in total. The van der Waals surface area contributed by atoms with E-state index in [1.807, 2.05) is 30.3 Å². The van der Waals surface area contributed by atoms with E-state index in [9.17, 15) is 14.7 Å². The number of halogens is 1. The Morgan fingerprint density at radius 3 is 2.63 bits per heavy atom. The largest absolute Gasteiger partial charge is 0.495 e. The van der Waals surface area contributed by atoms with Crippen LogP contribution in [0.3, 0.4) is 0 Å². The topological polar surface area (TPSA) is 77.8 Å². The highest BCUT2D eigenvalue weighted by Gasteiger charge is 2.29. The molecule has 1 unspecified atom stereocenters. The first-order chi connectivity index (χ1) is 13.0. The molecule has 0 fully saturated rings. The maximum absolute atomic E-state index is 12.3. The minimum absolute atomic E-state index is 0.327. The van der Waals surface area contributed by atoms with Gasteiger partial charge < -0.3 is 19.1 Å². The number of fused-ring (bicyclic) bond motifs is 3. The van der Waals surface area contributed by atoms with E-state index >= 15 is 0 Å². The van der Waals surface area contributed by atoms with Gasteiger partial charge in [-0.05, 0) is 6.07 Å². The van der Waals surface area contributed by atoms with Crippen LogP contribution in [0.5, 0.6) is 11.5 Å². The maximum Gasteiger partial charge on any atom is 0.341 e. The minimum atomic E-state index is -1.29. The number of pyridine rings is 1. The van der Waals surface area contributed by atoms with Crippen LogP contribution in [0.2, 0.25) is 5.02 Å². The third kappa shape index (κ3) is 2.84. The van der Waals surface area contributed by atoms with E-state index in [1.54, 1.807) is 16.7 Å². The van der Waals surface area contributed by atoms with Gasteiger partial charge in [0.1, 0.15) is 17.1 Å². The highest BCUT2D eigenvalue weighted by molar-refractivity contribution is 6.32. The fraction of sp³-hybridized carbons (Fsp3) is 0.100. The van der Waals surface area contributed by atoms with Crippen molar-refractivity contribution in [1.82, 2.24) is 4.57 Å². The van der Waals surface area contributed by atoms with Crippen molar-refractivity contribution >= 4 is 17.6 Å². The van der Waals surface area contributed by atoms with Gasteiger partial charge in [0.05, 0.1) is 17.8 Å². The predicted molar refractivity (Wildman–Crippen MR) is 99.9 cm³/mol. The maximum atomic E-state index is 12.3. The third-order valence-electron chi connectivity index (χ3n) is 4.42. The molecule has 1 aliphatic heterocycles. The summed E-state index contributed by atoms with van der Waals surface area (Å²) in [5.41, 5.74) is 0.997. The van der Waals surface area contributed by atoms with Crippen molar-refractivity contribution in [2.45, 2.75) is 6.23 Å². The Kier molecular flexibility index (Phi) is 4.12. The molecule has 0 amide bonds. The lowest BCUT2D eigenvalue weighted by atomic mass is 10.0. The second-order valence-electron chi connectivity index (χ2n) is 6.01. The fourth-order valence-corrected chi connectivity index (χ4v) is 3.37. The quantitative estimate of drug-likeness (QED) is 0.744. The van der Waals surface area contributed by atoms with Crippen molar-refractivity contribution in [3.8, 4) is 22.8 Å². The van der Waals surface area contributed by atoms with Crippen LogP contribution in [-0.4, -0.2) is 22.8 Å². The van der Waals surface area contributed by atoms with Crippen LogP contribution in [0.15, 0.2) is 59.5 Å². The number of hydrogen-bond donors (Lipinski definition) is 1. The van der Waals surface area contributed by atoms with Gasteiger partial charge in [0.2, 0.25) is 6.23 Å². The Morgan fingerprint density at radius 2 is 1.96 bits per heavy atom. The van der Waals surface area contributed by atoms with E-state index in [4.69, 9.17) is 21.1 Å². The summed E-state index contributed by atoms with van der Waals surface area (Å²) < 4.78 is 13.0. The summed E-state index contributed by atoms with van der Waals surface area (Å²) >= 11 is 6.24.